The molecule has 1 aliphatic carbocycles. The predicted molar refractivity (Wildman–Crippen MR) is 325 cm³/mol. The number of aryl methyl sites for hydroxylation is 4. The van der Waals surface area contributed by atoms with Crippen LogP contribution in [0.2, 0.25) is 0 Å². The van der Waals surface area contributed by atoms with E-state index in [0.29, 0.717) is 103 Å². The summed E-state index contributed by atoms with van der Waals surface area (Å²) in [6, 6.07) is 18.4. The first-order chi connectivity index (χ1) is 39.2. The second kappa shape index (κ2) is 38.2. The fraction of sp³-hybridized carbons (Fsp3) is 0.571. The molecule has 0 aliphatic heterocycles. The molecule has 10 heteroatoms. The minimum atomic E-state index is -0.427. The van der Waals surface area contributed by atoms with Crippen LogP contribution in [0.3, 0.4) is 0 Å². The van der Waals surface area contributed by atoms with E-state index in [4.69, 9.17) is 28.4 Å². The predicted octanol–water partition coefficient (Wildman–Crippen LogP) is 15.4. The molecule has 0 saturated heterocycles. The lowest BCUT2D eigenvalue weighted by molar-refractivity contribution is -0.138. The van der Waals surface area contributed by atoms with Crippen molar-refractivity contribution >= 4 is 11.9 Å². The van der Waals surface area contributed by atoms with Crippen molar-refractivity contribution in [2.24, 2.45) is 0 Å². The average molecular weight is 1100 g/mol. The van der Waals surface area contributed by atoms with Gasteiger partial charge in [0, 0.05) is 51.0 Å². The number of rotatable bonds is 40. The van der Waals surface area contributed by atoms with Gasteiger partial charge in [0.15, 0.2) is 0 Å². The lowest BCUT2D eigenvalue weighted by atomic mass is 9.87. The molecule has 4 aromatic carbocycles. The Bertz CT molecular complexity index is 2220. The molecule has 10 nitrogen and oxygen atoms in total. The molecule has 5 rings (SSSR count). The standard InChI is InChI=1S/C70H100O10/c1-7-13-17-21-35-77-67-57-41-53(29-25-33-71)42-58(67)50-62-46-56(32-28-40-76-66(74)12-6)48-64(70(62)80-38-24-20-16-10-4)52-60-44-54(30-26-34-72)43-59(68(60)78-36-22-18-14-8-2)51-63-47-55(31-27-39-75-65(73)11-5)45-61(49-57)69(63)79-37-23-19-15-9-3/h11-12,41-48,71-72H,5-10,13-40,49-52H2,1-4H3. The molecular weight excluding hydrogens is 1000 g/mol. The first-order valence-electron chi connectivity index (χ1n) is 31.1. The van der Waals surface area contributed by atoms with E-state index < -0.39 is 11.9 Å². The number of hydrogen-bond acceptors (Lipinski definition) is 10. The van der Waals surface area contributed by atoms with Gasteiger partial charge in [0.25, 0.3) is 0 Å². The Hall–Kier alpha value is -5.58. The summed E-state index contributed by atoms with van der Waals surface area (Å²) in [4.78, 5) is 24.4. The third kappa shape index (κ3) is 22.4. The maximum atomic E-state index is 12.2. The Labute approximate surface area is 482 Å². The molecule has 8 bridgehead atoms. The van der Waals surface area contributed by atoms with Gasteiger partial charge in [0.1, 0.15) is 23.0 Å². The first-order valence-corrected chi connectivity index (χ1v) is 31.1. The van der Waals surface area contributed by atoms with E-state index in [2.05, 4.69) is 89.4 Å². The zero-order chi connectivity index (χ0) is 57.2. The number of ether oxygens (including phenoxy) is 6. The van der Waals surface area contributed by atoms with Crippen LogP contribution in [0.4, 0.5) is 0 Å². The summed E-state index contributed by atoms with van der Waals surface area (Å²) >= 11 is 0. The molecule has 0 saturated carbocycles. The monoisotopic (exact) mass is 1100 g/mol. The first kappa shape index (κ1) is 65.2. The Balaban J connectivity index is 1.89. The van der Waals surface area contributed by atoms with E-state index in [1.807, 2.05) is 0 Å². The van der Waals surface area contributed by atoms with E-state index in [1.165, 1.54) is 12.2 Å². The van der Waals surface area contributed by atoms with Crippen LogP contribution in [0.1, 0.15) is 223 Å². The number of hydrogen-bond donors (Lipinski definition) is 2. The summed E-state index contributed by atoms with van der Waals surface area (Å²) in [6.07, 6.45) is 27.0. The van der Waals surface area contributed by atoms with Crippen molar-refractivity contribution in [2.75, 3.05) is 52.9 Å². The van der Waals surface area contributed by atoms with Crippen molar-refractivity contribution < 1.29 is 48.2 Å². The van der Waals surface area contributed by atoms with Crippen molar-refractivity contribution in [2.45, 2.75) is 207 Å². The van der Waals surface area contributed by atoms with E-state index in [0.717, 1.165) is 192 Å². The molecule has 0 spiro atoms. The van der Waals surface area contributed by atoms with Crippen LogP contribution in [-0.2, 0) is 70.4 Å². The maximum absolute atomic E-state index is 12.2. The zero-order valence-corrected chi connectivity index (χ0v) is 49.8. The number of esters is 2. The second-order valence-electron chi connectivity index (χ2n) is 21.9. The summed E-state index contributed by atoms with van der Waals surface area (Å²) in [5.41, 5.74) is 13.1. The van der Waals surface area contributed by atoms with Crippen LogP contribution in [0.25, 0.3) is 0 Å². The summed E-state index contributed by atoms with van der Waals surface area (Å²) in [5.74, 6) is 2.68. The van der Waals surface area contributed by atoms with E-state index >= 15 is 0 Å². The lowest BCUT2D eigenvalue weighted by Gasteiger charge is -2.25. The van der Waals surface area contributed by atoms with Crippen LogP contribution in [-0.4, -0.2) is 75.0 Å². The molecule has 0 unspecified atom stereocenters. The molecule has 80 heavy (non-hydrogen) atoms. The molecular formula is C70H100O10. The number of aliphatic hydroxyl groups is 2. The van der Waals surface area contributed by atoms with Crippen molar-refractivity contribution in [1.29, 1.82) is 0 Å². The third-order valence-corrected chi connectivity index (χ3v) is 15.0. The number of unbranched alkanes of at least 4 members (excludes halogenated alkanes) is 12. The normalized spacial score (nSPS) is 12.0. The molecule has 0 aromatic heterocycles. The molecule has 4 aromatic rings. The van der Waals surface area contributed by atoms with Gasteiger partial charge in [-0.1, -0.05) is 166 Å². The maximum Gasteiger partial charge on any atom is 0.330 e. The smallest absolute Gasteiger partial charge is 0.330 e. The number of carbonyl (C=O) groups excluding carboxylic acids is 2. The van der Waals surface area contributed by atoms with Crippen LogP contribution in [0.15, 0.2) is 73.8 Å². The van der Waals surface area contributed by atoms with Gasteiger partial charge in [-0.2, -0.15) is 0 Å². The van der Waals surface area contributed by atoms with Crippen LogP contribution in [0.5, 0.6) is 23.0 Å². The molecule has 0 atom stereocenters. The van der Waals surface area contributed by atoms with Crippen LogP contribution in [0, 0.1) is 0 Å². The van der Waals surface area contributed by atoms with Crippen molar-refractivity contribution in [3.8, 4) is 23.0 Å². The van der Waals surface area contributed by atoms with Crippen LogP contribution >= 0.6 is 0 Å². The Kier molecular flexibility index (Phi) is 31.1. The molecule has 0 amide bonds. The van der Waals surface area contributed by atoms with Gasteiger partial charge in [0.05, 0.1) is 39.6 Å². The largest absolute Gasteiger partial charge is 0.493 e. The highest BCUT2D eigenvalue weighted by atomic mass is 16.5. The summed E-state index contributed by atoms with van der Waals surface area (Å²) < 4.78 is 39.7. The minimum absolute atomic E-state index is 0.0831. The quantitative estimate of drug-likeness (QED) is 0.0222. The molecule has 2 N–H and O–H groups in total. The number of aliphatic hydroxyl groups excluding tert-OH is 2. The van der Waals surface area contributed by atoms with Crippen molar-refractivity contribution in [3.05, 3.63) is 141 Å². The molecule has 0 heterocycles. The lowest BCUT2D eigenvalue weighted by Crippen LogP contribution is -2.12. The van der Waals surface area contributed by atoms with E-state index in [1.54, 1.807) is 0 Å². The van der Waals surface area contributed by atoms with Gasteiger partial charge < -0.3 is 38.6 Å². The summed E-state index contributed by atoms with van der Waals surface area (Å²) in [7, 11) is 0. The Morgan fingerprint density at radius 3 is 0.812 bits per heavy atom. The van der Waals surface area contributed by atoms with E-state index in [9.17, 15) is 19.8 Å². The third-order valence-electron chi connectivity index (χ3n) is 15.0. The second-order valence-corrected chi connectivity index (χ2v) is 21.9. The fourth-order valence-corrected chi connectivity index (χ4v) is 10.9. The highest BCUT2D eigenvalue weighted by Crippen LogP contribution is 2.42. The Morgan fingerprint density at radius 1 is 0.362 bits per heavy atom. The SMILES string of the molecule is C=CC(=O)OCCCc1cc2c(OCCCCCC)c(c1)Cc1cc(CCCO)cc(c1OCCCCCC)Cc1cc(CCCOC(=O)C=C)cc(c1OCCCCCC)Cc1cc(CCCO)cc(c1OCCCCCC)C2. The van der Waals surface area contributed by atoms with Gasteiger partial charge in [0.2, 0.25) is 0 Å². The van der Waals surface area contributed by atoms with Crippen molar-refractivity contribution in [1.82, 2.24) is 0 Å². The topological polar surface area (TPSA) is 130 Å². The fourth-order valence-electron chi connectivity index (χ4n) is 10.9. The number of carbonyl (C=O) groups is 2. The molecule has 440 valence electrons. The molecule has 0 fully saturated rings. The van der Waals surface area contributed by atoms with Gasteiger partial charge in [-0.05, 0) is 144 Å². The number of fused-ring (bicyclic) bond motifs is 8. The van der Waals surface area contributed by atoms with Gasteiger partial charge >= 0.3 is 11.9 Å². The highest BCUT2D eigenvalue weighted by molar-refractivity contribution is 5.81. The molecule has 0 radical (unpaired) electrons. The van der Waals surface area contributed by atoms with E-state index in [-0.39, 0.29) is 26.4 Å². The van der Waals surface area contributed by atoms with Gasteiger partial charge in [-0.25, -0.2) is 9.59 Å². The summed E-state index contributed by atoms with van der Waals surface area (Å²) in [5, 5.41) is 20.5. The Morgan fingerprint density at radius 2 is 0.600 bits per heavy atom. The molecule has 1 aliphatic rings. The van der Waals surface area contributed by atoms with Gasteiger partial charge in [-0.15, -0.1) is 0 Å². The van der Waals surface area contributed by atoms with Gasteiger partial charge in [-0.3, -0.25) is 0 Å². The zero-order valence-electron chi connectivity index (χ0n) is 49.8. The highest BCUT2D eigenvalue weighted by Gasteiger charge is 2.25. The van der Waals surface area contributed by atoms with Crippen molar-refractivity contribution in [3.63, 3.8) is 0 Å². The minimum Gasteiger partial charge on any atom is -0.493 e. The summed E-state index contributed by atoms with van der Waals surface area (Å²) in [6.45, 7) is 19.2. The van der Waals surface area contributed by atoms with Crippen LogP contribution < -0.4 is 18.9 Å². The number of benzene rings is 4. The average Bonchev–Trinajstić information content (AvgIpc) is 3.45.